The zero-order valence-corrected chi connectivity index (χ0v) is 15.3. The highest BCUT2D eigenvalue weighted by Crippen LogP contribution is 2.29. The maximum Gasteiger partial charge on any atom is 0.228 e. The van der Waals surface area contributed by atoms with E-state index in [1.54, 1.807) is 6.26 Å². The van der Waals surface area contributed by atoms with Crippen molar-refractivity contribution in [2.24, 2.45) is 0 Å². The summed E-state index contributed by atoms with van der Waals surface area (Å²) in [5.41, 5.74) is 6.36. The molecular formula is C22H25NO2. The number of anilines is 1. The monoisotopic (exact) mass is 335 g/mol. The van der Waals surface area contributed by atoms with E-state index >= 15 is 0 Å². The lowest BCUT2D eigenvalue weighted by Gasteiger charge is -2.10. The van der Waals surface area contributed by atoms with Gasteiger partial charge in [-0.2, -0.15) is 0 Å². The van der Waals surface area contributed by atoms with E-state index < -0.39 is 0 Å². The van der Waals surface area contributed by atoms with E-state index in [0.717, 1.165) is 28.6 Å². The molecule has 3 nitrogen and oxygen atoms in total. The van der Waals surface area contributed by atoms with E-state index in [0.29, 0.717) is 12.3 Å². The topological polar surface area (TPSA) is 42.2 Å². The molecule has 0 aliphatic carbocycles. The number of rotatable bonds is 5. The van der Waals surface area contributed by atoms with Crippen LogP contribution >= 0.6 is 0 Å². The van der Waals surface area contributed by atoms with Gasteiger partial charge in [-0.25, -0.2) is 0 Å². The molecule has 0 fully saturated rings. The number of carbonyl (C=O) groups is 1. The first-order chi connectivity index (χ1) is 12.0. The van der Waals surface area contributed by atoms with Gasteiger partial charge in [0.2, 0.25) is 5.91 Å². The lowest BCUT2D eigenvalue weighted by atomic mass is 9.95. The highest BCUT2D eigenvalue weighted by molar-refractivity contribution is 5.95. The van der Waals surface area contributed by atoms with Crippen LogP contribution in [-0.4, -0.2) is 5.91 Å². The summed E-state index contributed by atoms with van der Waals surface area (Å²) >= 11 is 0. The Bertz CT molecular complexity index is 906. The van der Waals surface area contributed by atoms with Gasteiger partial charge in [0, 0.05) is 16.6 Å². The molecule has 0 spiro atoms. The zero-order chi connectivity index (χ0) is 18.0. The maximum atomic E-state index is 12.5. The van der Waals surface area contributed by atoms with Crippen molar-refractivity contribution in [2.75, 3.05) is 5.32 Å². The summed E-state index contributed by atoms with van der Waals surface area (Å²) < 4.78 is 5.67. The van der Waals surface area contributed by atoms with Crippen molar-refractivity contribution in [3.63, 3.8) is 0 Å². The second-order valence-corrected chi connectivity index (χ2v) is 6.90. The van der Waals surface area contributed by atoms with Crippen molar-refractivity contribution in [3.05, 3.63) is 64.9 Å². The third-order valence-electron chi connectivity index (χ3n) is 4.63. The molecule has 3 rings (SSSR count). The molecule has 0 saturated carbocycles. The first-order valence-electron chi connectivity index (χ1n) is 8.87. The molecular weight excluding hydrogens is 310 g/mol. The molecule has 0 radical (unpaired) electrons. The van der Waals surface area contributed by atoms with E-state index in [4.69, 9.17) is 4.42 Å². The molecule has 2 aromatic carbocycles. The summed E-state index contributed by atoms with van der Waals surface area (Å²) in [6, 6.07) is 12.2. The van der Waals surface area contributed by atoms with Crippen LogP contribution in [0.15, 0.2) is 47.1 Å². The highest BCUT2D eigenvalue weighted by atomic mass is 16.3. The van der Waals surface area contributed by atoms with Gasteiger partial charge in [0.25, 0.3) is 0 Å². The van der Waals surface area contributed by atoms with Gasteiger partial charge in [0.15, 0.2) is 0 Å². The van der Waals surface area contributed by atoms with Crippen molar-refractivity contribution >= 4 is 22.6 Å². The van der Waals surface area contributed by atoms with Crippen LogP contribution in [0.3, 0.4) is 0 Å². The van der Waals surface area contributed by atoms with Crippen LogP contribution in [0.2, 0.25) is 0 Å². The minimum atomic E-state index is -0.0253. The van der Waals surface area contributed by atoms with Crippen molar-refractivity contribution in [1.29, 1.82) is 0 Å². The molecule has 0 unspecified atom stereocenters. The Morgan fingerprint density at radius 3 is 2.72 bits per heavy atom. The normalized spacial score (nSPS) is 11.2. The Balaban J connectivity index is 1.82. The van der Waals surface area contributed by atoms with E-state index in [2.05, 4.69) is 51.2 Å². The number of furan rings is 1. The summed E-state index contributed by atoms with van der Waals surface area (Å²) in [5, 5.41) is 4.02. The van der Waals surface area contributed by atoms with Crippen LogP contribution < -0.4 is 5.32 Å². The van der Waals surface area contributed by atoms with Gasteiger partial charge in [-0.1, -0.05) is 32.9 Å². The van der Waals surface area contributed by atoms with Crippen molar-refractivity contribution in [2.45, 2.75) is 46.5 Å². The van der Waals surface area contributed by atoms with Crippen LogP contribution in [0.25, 0.3) is 11.0 Å². The number of carbonyl (C=O) groups excluding carboxylic acids is 1. The average Bonchev–Trinajstić information content (AvgIpc) is 2.95. The predicted molar refractivity (Wildman–Crippen MR) is 103 cm³/mol. The molecule has 1 heterocycles. The molecule has 3 heteroatoms. The first-order valence-corrected chi connectivity index (χ1v) is 8.87. The van der Waals surface area contributed by atoms with Crippen LogP contribution in [-0.2, 0) is 17.6 Å². The number of aryl methyl sites for hydroxylation is 2. The van der Waals surface area contributed by atoms with E-state index in [1.165, 1.54) is 16.7 Å². The number of hydrogen-bond donors (Lipinski definition) is 1. The lowest BCUT2D eigenvalue weighted by molar-refractivity contribution is -0.115. The van der Waals surface area contributed by atoms with Gasteiger partial charge in [0.05, 0.1) is 12.7 Å². The molecule has 3 aromatic rings. The summed E-state index contributed by atoms with van der Waals surface area (Å²) in [7, 11) is 0. The van der Waals surface area contributed by atoms with Crippen LogP contribution in [0.5, 0.6) is 0 Å². The van der Waals surface area contributed by atoms with Crippen LogP contribution in [0.1, 0.15) is 48.9 Å². The Morgan fingerprint density at radius 2 is 2.00 bits per heavy atom. The molecule has 130 valence electrons. The first kappa shape index (κ1) is 17.3. The fraction of sp³-hybridized carbons (Fsp3) is 0.318. The summed E-state index contributed by atoms with van der Waals surface area (Å²) in [4.78, 5) is 12.5. The standard InChI is InChI=1S/C22H25NO2/c1-5-16-7-6-8-18(10-16)23-22(24)11-17-13-25-21-9-15(4)19(14(2)3)12-20(17)21/h6-10,12-14H,5,11H2,1-4H3,(H,23,24). The van der Waals surface area contributed by atoms with Gasteiger partial charge >= 0.3 is 0 Å². The van der Waals surface area contributed by atoms with Crippen LogP contribution in [0, 0.1) is 6.92 Å². The van der Waals surface area contributed by atoms with E-state index in [9.17, 15) is 4.79 Å². The molecule has 25 heavy (non-hydrogen) atoms. The Hall–Kier alpha value is -2.55. The number of nitrogens with one attached hydrogen (secondary N) is 1. The van der Waals surface area contributed by atoms with Crippen molar-refractivity contribution in [1.82, 2.24) is 0 Å². The summed E-state index contributed by atoms with van der Waals surface area (Å²) in [6.07, 6.45) is 2.97. The second-order valence-electron chi connectivity index (χ2n) is 6.90. The molecule has 1 N–H and O–H groups in total. The van der Waals surface area contributed by atoms with Crippen LogP contribution in [0.4, 0.5) is 5.69 Å². The number of fused-ring (bicyclic) bond motifs is 1. The molecule has 0 bridgehead atoms. The fourth-order valence-electron chi connectivity index (χ4n) is 3.25. The summed E-state index contributed by atoms with van der Waals surface area (Å²) in [6.45, 7) is 8.57. The van der Waals surface area contributed by atoms with E-state index in [-0.39, 0.29) is 5.91 Å². The fourth-order valence-corrected chi connectivity index (χ4v) is 3.25. The largest absolute Gasteiger partial charge is 0.464 e. The Kier molecular flexibility index (Phi) is 4.93. The highest BCUT2D eigenvalue weighted by Gasteiger charge is 2.14. The third kappa shape index (κ3) is 3.76. The van der Waals surface area contributed by atoms with Gasteiger partial charge in [-0.3, -0.25) is 4.79 Å². The second kappa shape index (κ2) is 7.14. The predicted octanol–water partition coefficient (Wildman–Crippen LogP) is 5.61. The van der Waals surface area contributed by atoms with Gasteiger partial charge in [-0.15, -0.1) is 0 Å². The molecule has 0 aliphatic rings. The minimum absolute atomic E-state index is 0.0253. The molecule has 0 saturated heterocycles. The number of hydrogen-bond acceptors (Lipinski definition) is 2. The molecule has 1 aromatic heterocycles. The van der Waals surface area contributed by atoms with Crippen molar-refractivity contribution < 1.29 is 9.21 Å². The van der Waals surface area contributed by atoms with Gasteiger partial charge in [0.1, 0.15) is 5.58 Å². The SMILES string of the molecule is CCc1cccc(NC(=O)Cc2coc3cc(C)c(C(C)C)cc23)c1. The minimum Gasteiger partial charge on any atom is -0.464 e. The molecule has 0 atom stereocenters. The molecule has 0 aliphatic heterocycles. The average molecular weight is 335 g/mol. The maximum absolute atomic E-state index is 12.5. The van der Waals surface area contributed by atoms with Gasteiger partial charge < -0.3 is 9.73 Å². The van der Waals surface area contributed by atoms with Crippen molar-refractivity contribution in [3.8, 4) is 0 Å². The number of amides is 1. The zero-order valence-electron chi connectivity index (χ0n) is 15.3. The Labute approximate surface area is 149 Å². The lowest BCUT2D eigenvalue weighted by Crippen LogP contribution is -2.14. The number of benzene rings is 2. The third-order valence-corrected chi connectivity index (χ3v) is 4.63. The summed E-state index contributed by atoms with van der Waals surface area (Å²) in [5.74, 6) is 0.417. The Morgan fingerprint density at radius 1 is 1.20 bits per heavy atom. The smallest absolute Gasteiger partial charge is 0.228 e. The molecule has 1 amide bonds. The quantitative estimate of drug-likeness (QED) is 0.658. The van der Waals surface area contributed by atoms with Gasteiger partial charge in [-0.05, 0) is 60.2 Å². The van der Waals surface area contributed by atoms with E-state index in [1.807, 2.05) is 18.2 Å².